The van der Waals surface area contributed by atoms with Crippen LogP contribution in [0.1, 0.15) is 66.9 Å². The lowest BCUT2D eigenvalue weighted by Gasteiger charge is -2.05. The summed E-state index contributed by atoms with van der Waals surface area (Å²) in [7, 11) is 0. The van der Waals surface area contributed by atoms with Gasteiger partial charge in [0, 0.05) is 6.61 Å². The van der Waals surface area contributed by atoms with Gasteiger partial charge in [-0.15, -0.1) is 0 Å². The lowest BCUT2D eigenvalue weighted by molar-refractivity contribution is 0.0497. The number of hydrogen-bond donors (Lipinski definition) is 1. The summed E-state index contributed by atoms with van der Waals surface area (Å²) < 4.78 is 11.0. The number of aliphatic hydroxyl groups excluding tert-OH is 1. The zero-order valence-electron chi connectivity index (χ0n) is 17.3. The van der Waals surface area contributed by atoms with Gasteiger partial charge in [-0.2, -0.15) is 0 Å². The first kappa shape index (κ1) is 22.7. The number of ether oxygens (including phenoxy) is 2. The summed E-state index contributed by atoms with van der Waals surface area (Å²) in [5.41, 5.74) is 2.68. The Balaban J connectivity index is 1.78. The predicted octanol–water partition coefficient (Wildman–Crippen LogP) is 5.75. The van der Waals surface area contributed by atoms with Gasteiger partial charge in [0.05, 0.1) is 18.8 Å². The first-order valence-corrected chi connectivity index (χ1v) is 10.5. The van der Waals surface area contributed by atoms with Crippen LogP contribution in [0.5, 0.6) is 5.75 Å². The summed E-state index contributed by atoms with van der Waals surface area (Å²) in [6.45, 7) is 3.54. The average Bonchev–Trinajstić information content (AvgIpc) is 2.76. The van der Waals surface area contributed by atoms with E-state index in [1.54, 1.807) is 12.1 Å². The number of hydrogen-bond acceptors (Lipinski definition) is 4. The van der Waals surface area contributed by atoms with Gasteiger partial charge < -0.3 is 14.6 Å². The van der Waals surface area contributed by atoms with E-state index in [1.165, 1.54) is 0 Å². The molecule has 2 aromatic carbocycles. The fraction of sp³-hybridized carbons (Fsp3) is 0.400. The maximum absolute atomic E-state index is 12.1. The quantitative estimate of drug-likeness (QED) is 0.266. The van der Waals surface area contributed by atoms with Crippen molar-refractivity contribution in [2.45, 2.75) is 45.4 Å². The minimum absolute atomic E-state index is 0.222. The highest BCUT2D eigenvalue weighted by Gasteiger charge is 2.06. The molecule has 0 saturated heterocycles. The van der Waals surface area contributed by atoms with Crippen LogP contribution in [0.25, 0.3) is 12.2 Å². The molecule has 2 rings (SSSR count). The Hall–Kier alpha value is -2.59. The van der Waals surface area contributed by atoms with Gasteiger partial charge in [-0.1, -0.05) is 56.2 Å². The van der Waals surface area contributed by atoms with Gasteiger partial charge in [0.15, 0.2) is 0 Å². The summed E-state index contributed by atoms with van der Waals surface area (Å²) in [5, 5.41) is 8.74. The zero-order valence-corrected chi connectivity index (χ0v) is 17.3. The van der Waals surface area contributed by atoms with Crippen LogP contribution in [0, 0.1) is 0 Å². The highest BCUT2D eigenvalue weighted by molar-refractivity contribution is 5.89. The van der Waals surface area contributed by atoms with E-state index < -0.39 is 0 Å². The number of carbonyl (C=O) groups excluding carboxylic acids is 1. The molecule has 1 N–H and O–H groups in total. The number of rotatable bonds is 13. The van der Waals surface area contributed by atoms with Crippen LogP contribution in [-0.2, 0) is 4.74 Å². The highest BCUT2D eigenvalue weighted by atomic mass is 16.5. The molecule has 0 aliphatic heterocycles. The third kappa shape index (κ3) is 8.97. The molecule has 2 aromatic rings. The monoisotopic (exact) mass is 396 g/mol. The fourth-order valence-electron chi connectivity index (χ4n) is 2.75. The second-order valence-corrected chi connectivity index (χ2v) is 7.00. The lowest BCUT2D eigenvalue weighted by Crippen LogP contribution is -2.06. The predicted molar refractivity (Wildman–Crippen MR) is 118 cm³/mol. The van der Waals surface area contributed by atoms with Crippen molar-refractivity contribution in [3.05, 3.63) is 65.2 Å². The molecule has 0 aliphatic rings. The summed E-state index contributed by atoms with van der Waals surface area (Å²) in [6, 6.07) is 15.4. The average molecular weight is 397 g/mol. The van der Waals surface area contributed by atoms with Crippen LogP contribution in [0.2, 0.25) is 0 Å². The molecule has 0 aliphatic carbocycles. The van der Waals surface area contributed by atoms with E-state index in [1.807, 2.05) is 48.6 Å². The van der Waals surface area contributed by atoms with Crippen molar-refractivity contribution in [2.75, 3.05) is 19.8 Å². The molecular formula is C25H32O4. The second-order valence-electron chi connectivity index (χ2n) is 7.00. The summed E-state index contributed by atoms with van der Waals surface area (Å²) in [6.07, 6.45) is 9.80. The molecule has 4 heteroatoms. The number of carbonyl (C=O) groups is 1. The molecular weight excluding hydrogens is 364 g/mol. The van der Waals surface area contributed by atoms with Crippen molar-refractivity contribution in [1.82, 2.24) is 0 Å². The third-order valence-corrected chi connectivity index (χ3v) is 4.55. The van der Waals surface area contributed by atoms with Crippen LogP contribution in [0.15, 0.2) is 48.5 Å². The van der Waals surface area contributed by atoms with E-state index in [-0.39, 0.29) is 12.6 Å². The van der Waals surface area contributed by atoms with E-state index in [0.717, 1.165) is 62.0 Å². The summed E-state index contributed by atoms with van der Waals surface area (Å²) in [4.78, 5) is 12.1. The van der Waals surface area contributed by atoms with E-state index in [0.29, 0.717) is 12.2 Å². The van der Waals surface area contributed by atoms with Crippen molar-refractivity contribution in [3.8, 4) is 5.75 Å². The van der Waals surface area contributed by atoms with Crippen LogP contribution in [0.3, 0.4) is 0 Å². The van der Waals surface area contributed by atoms with Crippen molar-refractivity contribution in [1.29, 1.82) is 0 Å². The Morgan fingerprint density at radius 2 is 1.45 bits per heavy atom. The standard InChI is InChI=1S/C25H32O4/c1-2-3-19-28-24-16-12-22(13-17-24)9-8-21-10-14-23(15-11-21)25(27)29-20-7-5-4-6-18-26/h8-17,26H,2-7,18-20H2,1H3/b9-8+. The number of benzene rings is 2. The molecule has 0 aromatic heterocycles. The van der Waals surface area contributed by atoms with Crippen molar-refractivity contribution >= 4 is 18.1 Å². The van der Waals surface area contributed by atoms with Crippen molar-refractivity contribution in [2.24, 2.45) is 0 Å². The van der Waals surface area contributed by atoms with Crippen molar-refractivity contribution < 1.29 is 19.4 Å². The van der Waals surface area contributed by atoms with Gasteiger partial charge in [0.2, 0.25) is 0 Å². The molecule has 29 heavy (non-hydrogen) atoms. The largest absolute Gasteiger partial charge is 0.494 e. The molecule has 0 amide bonds. The Morgan fingerprint density at radius 1 is 0.828 bits per heavy atom. The normalized spacial score (nSPS) is 11.0. The first-order chi connectivity index (χ1) is 14.2. The number of esters is 1. The Labute approximate surface area is 174 Å². The van der Waals surface area contributed by atoms with E-state index >= 15 is 0 Å². The van der Waals surface area contributed by atoms with Gasteiger partial charge in [-0.05, 0) is 61.1 Å². The summed E-state index contributed by atoms with van der Waals surface area (Å²) in [5.74, 6) is 0.605. The van der Waals surface area contributed by atoms with Crippen LogP contribution in [-0.4, -0.2) is 30.9 Å². The van der Waals surface area contributed by atoms with Gasteiger partial charge in [-0.3, -0.25) is 0 Å². The van der Waals surface area contributed by atoms with Gasteiger partial charge in [0.1, 0.15) is 5.75 Å². The van der Waals surface area contributed by atoms with Crippen molar-refractivity contribution in [3.63, 3.8) is 0 Å². The molecule has 0 heterocycles. The van der Waals surface area contributed by atoms with Gasteiger partial charge >= 0.3 is 5.97 Å². The maximum Gasteiger partial charge on any atom is 0.338 e. The molecule has 0 radical (unpaired) electrons. The summed E-state index contributed by atoms with van der Waals surface area (Å²) >= 11 is 0. The highest BCUT2D eigenvalue weighted by Crippen LogP contribution is 2.15. The van der Waals surface area contributed by atoms with E-state index in [4.69, 9.17) is 14.6 Å². The molecule has 0 spiro atoms. The molecule has 0 unspecified atom stereocenters. The first-order valence-electron chi connectivity index (χ1n) is 10.5. The fourth-order valence-corrected chi connectivity index (χ4v) is 2.75. The SMILES string of the molecule is CCCCOc1ccc(/C=C/c2ccc(C(=O)OCCCCCCO)cc2)cc1. The van der Waals surface area contributed by atoms with Gasteiger partial charge in [-0.25, -0.2) is 4.79 Å². The topological polar surface area (TPSA) is 55.8 Å². The molecule has 0 fully saturated rings. The zero-order chi connectivity index (χ0) is 20.7. The van der Waals surface area contributed by atoms with Crippen LogP contribution >= 0.6 is 0 Å². The van der Waals surface area contributed by atoms with E-state index in [9.17, 15) is 4.79 Å². The molecule has 0 saturated carbocycles. The minimum atomic E-state index is -0.290. The molecule has 0 bridgehead atoms. The smallest absolute Gasteiger partial charge is 0.338 e. The minimum Gasteiger partial charge on any atom is -0.494 e. The Bertz CT molecular complexity index is 732. The lowest BCUT2D eigenvalue weighted by atomic mass is 10.1. The number of unbranched alkanes of at least 4 members (excludes halogenated alkanes) is 4. The molecule has 4 nitrogen and oxygen atoms in total. The van der Waals surface area contributed by atoms with E-state index in [2.05, 4.69) is 6.92 Å². The third-order valence-electron chi connectivity index (χ3n) is 4.55. The maximum atomic E-state index is 12.1. The van der Waals surface area contributed by atoms with Gasteiger partial charge in [0.25, 0.3) is 0 Å². The molecule has 156 valence electrons. The Kier molecular flexibility index (Phi) is 10.6. The Morgan fingerprint density at radius 3 is 2.07 bits per heavy atom. The second kappa shape index (κ2) is 13.6. The molecule has 0 atom stereocenters. The van der Waals surface area contributed by atoms with Crippen LogP contribution < -0.4 is 4.74 Å². The van der Waals surface area contributed by atoms with Crippen LogP contribution in [0.4, 0.5) is 0 Å². The number of aliphatic hydroxyl groups is 1.